The van der Waals surface area contributed by atoms with Crippen LogP contribution in [0.1, 0.15) is 27.0 Å². The van der Waals surface area contributed by atoms with E-state index >= 15 is 0 Å². The summed E-state index contributed by atoms with van der Waals surface area (Å²) < 4.78 is 16.6. The van der Waals surface area contributed by atoms with Crippen molar-refractivity contribution in [3.8, 4) is 0 Å². The molecule has 0 saturated heterocycles. The number of nitrogen functional groups attached to an aromatic ring is 1. The summed E-state index contributed by atoms with van der Waals surface area (Å²) >= 11 is 6.22. The Bertz CT molecular complexity index is 1700. The number of amides is 1. The fraction of sp³-hybridized carbons (Fsp3) is 0.111. The first-order valence-electron chi connectivity index (χ1n) is 11.2. The van der Waals surface area contributed by atoms with Crippen molar-refractivity contribution >= 4 is 40.0 Å². The number of anilines is 1. The van der Waals surface area contributed by atoms with E-state index in [4.69, 9.17) is 22.3 Å². The van der Waals surface area contributed by atoms with Gasteiger partial charge in [-0.2, -0.15) is 0 Å². The highest BCUT2D eigenvalue weighted by molar-refractivity contribution is 6.31. The van der Waals surface area contributed by atoms with Gasteiger partial charge in [0.05, 0.1) is 6.54 Å². The minimum absolute atomic E-state index is 0.128. The van der Waals surface area contributed by atoms with Crippen LogP contribution in [0.3, 0.4) is 0 Å². The zero-order chi connectivity index (χ0) is 25.4. The Kier molecular flexibility index (Phi) is 6.12. The van der Waals surface area contributed by atoms with Gasteiger partial charge in [-0.3, -0.25) is 14.0 Å². The van der Waals surface area contributed by atoms with E-state index in [2.05, 4.69) is 5.32 Å². The lowest BCUT2D eigenvalue weighted by molar-refractivity contribution is -0.649. The molecule has 0 aliphatic heterocycles. The van der Waals surface area contributed by atoms with Gasteiger partial charge in [-0.05, 0) is 48.4 Å². The van der Waals surface area contributed by atoms with Gasteiger partial charge in [0, 0.05) is 23.3 Å². The number of hydrogen-bond donors (Lipinski definition) is 2. The summed E-state index contributed by atoms with van der Waals surface area (Å²) in [6, 6.07) is 18.2. The van der Waals surface area contributed by atoms with Gasteiger partial charge in [-0.1, -0.05) is 53.0 Å². The predicted molar refractivity (Wildman–Crippen MR) is 136 cm³/mol. The molecule has 0 saturated carbocycles. The second-order valence-corrected chi connectivity index (χ2v) is 8.88. The average Bonchev–Trinajstić information content (AvgIpc) is 2.87. The first-order valence-corrected chi connectivity index (χ1v) is 11.6. The Balaban J connectivity index is 1.67. The van der Waals surface area contributed by atoms with Gasteiger partial charge in [-0.15, -0.1) is 0 Å². The van der Waals surface area contributed by atoms with Gasteiger partial charge in [-0.25, -0.2) is 8.96 Å². The summed E-state index contributed by atoms with van der Waals surface area (Å²) in [7, 11) is 0. The number of nitrogens with one attached hydrogen (secondary N) is 1. The highest BCUT2D eigenvalue weighted by Crippen LogP contribution is 2.18. The molecule has 0 bridgehead atoms. The van der Waals surface area contributed by atoms with Crippen molar-refractivity contribution in [2.75, 3.05) is 5.73 Å². The van der Waals surface area contributed by atoms with Crippen LogP contribution in [0.2, 0.25) is 5.02 Å². The molecule has 0 radical (unpaired) electrons. The highest BCUT2D eigenvalue weighted by Gasteiger charge is 2.25. The normalized spacial score (nSPS) is 11.2. The molecule has 0 aliphatic rings. The van der Waals surface area contributed by atoms with Crippen molar-refractivity contribution in [1.29, 1.82) is 0 Å². The minimum Gasteiger partial charge on any atom is -0.348 e. The van der Waals surface area contributed by atoms with Crippen molar-refractivity contribution in [1.82, 2.24) is 14.7 Å². The SMILES string of the molecule is Cc1cccn2c(=O)c3cc(C(=O)NCc4ccccc4Cl)c(N)[n+](Cc4ccc(F)cc4)c3nc12. The fourth-order valence-electron chi connectivity index (χ4n) is 4.14. The number of pyridine rings is 2. The number of carbonyl (C=O) groups excluding carboxylic acids is 1. The number of nitrogens with two attached hydrogens (primary N) is 1. The molecule has 2 aromatic carbocycles. The third kappa shape index (κ3) is 4.27. The molecule has 36 heavy (non-hydrogen) atoms. The molecule has 0 aliphatic carbocycles. The molecule has 180 valence electrons. The summed E-state index contributed by atoms with van der Waals surface area (Å²) in [6.07, 6.45) is 1.63. The van der Waals surface area contributed by atoms with E-state index in [1.54, 1.807) is 41.1 Å². The van der Waals surface area contributed by atoms with Crippen LogP contribution in [0.5, 0.6) is 0 Å². The molecule has 5 aromatic rings. The van der Waals surface area contributed by atoms with E-state index in [9.17, 15) is 14.0 Å². The molecule has 9 heteroatoms. The topological polar surface area (TPSA) is 93.4 Å². The first-order chi connectivity index (χ1) is 17.3. The van der Waals surface area contributed by atoms with Crippen molar-refractivity contribution in [2.24, 2.45) is 0 Å². The maximum absolute atomic E-state index is 13.5. The molecule has 3 heterocycles. The molecular weight excluding hydrogens is 481 g/mol. The zero-order valence-corrected chi connectivity index (χ0v) is 20.1. The van der Waals surface area contributed by atoms with Crippen LogP contribution < -0.4 is 21.2 Å². The van der Waals surface area contributed by atoms with Gasteiger partial charge < -0.3 is 11.1 Å². The van der Waals surface area contributed by atoms with Gasteiger partial charge in [0.25, 0.3) is 17.1 Å². The fourth-order valence-corrected chi connectivity index (χ4v) is 4.34. The molecule has 0 unspecified atom stereocenters. The molecule has 1 amide bonds. The number of rotatable bonds is 5. The van der Waals surface area contributed by atoms with Crippen molar-refractivity contribution < 1.29 is 13.8 Å². The lowest BCUT2D eigenvalue weighted by Gasteiger charge is -2.13. The van der Waals surface area contributed by atoms with Gasteiger partial charge >= 0.3 is 0 Å². The molecule has 7 nitrogen and oxygen atoms in total. The number of aromatic nitrogens is 3. The van der Waals surface area contributed by atoms with Gasteiger partial charge in [0.1, 0.15) is 16.8 Å². The Morgan fingerprint density at radius 3 is 2.64 bits per heavy atom. The average molecular weight is 503 g/mol. The van der Waals surface area contributed by atoms with Crippen LogP contribution in [0.15, 0.2) is 77.7 Å². The van der Waals surface area contributed by atoms with Crippen LogP contribution in [0.4, 0.5) is 10.2 Å². The molecule has 0 atom stereocenters. The molecular formula is C27H22ClFN5O2+. The van der Waals surface area contributed by atoms with Crippen LogP contribution in [0.25, 0.3) is 16.7 Å². The summed E-state index contributed by atoms with van der Waals surface area (Å²) in [5, 5.41) is 3.59. The third-order valence-corrected chi connectivity index (χ3v) is 6.44. The van der Waals surface area contributed by atoms with Crippen molar-refractivity contribution in [3.63, 3.8) is 0 Å². The van der Waals surface area contributed by atoms with E-state index in [0.717, 1.165) is 16.7 Å². The van der Waals surface area contributed by atoms with E-state index in [1.807, 2.05) is 25.1 Å². The Morgan fingerprint density at radius 1 is 1.14 bits per heavy atom. The molecule has 0 fully saturated rings. The van der Waals surface area contributed by atoms with Gasteiger partial charge in [0.15, 0.2) is 0 Å². The van der Waals surface area contributed by atoms with E-state index in [-0.39, 0.29) is 41.2 Å². The maximum Gasteiger partial charge on any atom is 0.278 e. The molecule has 3 aromatic heterocycles. The van der Waals surface area contributed by atoms with Crippen LogP contribution in [-0.2, 0) is 13.1 Å². The minimum atomic E-state index is -0.462. The Labute approximate surface area is 210 Å². The maximum atomic E-state index is 13.5. The smallest absolute Gasteiger partial charge is 0.278 e. The van der Waals surface area contributed by atoms with Crippen LogP contribution in [-0.4, -0.2) is 15.3 Å². The monoisotopic (exact) mass is 502 g/mol. The Hall–Kier alpha value is -4.30. The summed E-state index contributed by atoms with van der Waals surface area (Å²) in [6.45, 7) is 2.22. The zero-order valence-electron chi connectivity index (χ0n) is 19.3. The van der Waals surface area contributed by atoms with Crippen molar-refractivity contribution in [2.45, 2.75) is 20.0 Å². The predicted octanol–water partition coefficient (Wildman–Crippen LogP) is 3.80. The number of halogens is 2. The number of fused-ring (bicyclic) bond motifs is 2. The number of hydrogen-bond acceptors (Lipinski definition) is 4. The second kappa shape index (κ2) is 9.39. The van der Waals surface area contributed by atoms with Gasteiger partial charge in [0.2, 0.25) is 11.5 Å². The van der Waals surface area contributed by atoms with Crippen LogP contribution in [0, 0.1) is 12.7 Å². The lowest BCUT2D eigenvalue weighted by Crippen LogP contribution is -2.43. The molecule has 3 N–H and O–H groups in total. The Morgan fingerprint density at radius 2 is 1.89 bits per heavy atom. The van der Waals surface area contributed by atoms with E-state index < -0.39 is 5.91 Å². The first kappa shape index (κ1) is 23.4. The van der Waals surface area contributed by atoms with E-state index in [0.29, 0.717) is 16.3 Å². The number of carbonyl (C=O) groups is 1. The van der Waals surface area contributed by atoms with E-state index in [1.165, 1.54) is 22.6 Å². The summed E-state index contributed by atoms with van der Waals surface area (Å²) in [5.74, 6) is -0.698. The summed E-state index contributed by atoms with van der Waals surface area (Å²) in [5.41, 5.74) is 9.42. The van der Waals surface area contributed by atoms with Crippen molar-refractivity contribution in [3.05, 3.63) is 116 Å². The number of benzene rings is 2. The van der Waals surface area contributed by atoms with Crippen LogP contribution >= 0.6 is 11.6 Å². The third-order valence-electron chi connectivity index (χ3n) is 6.07. The summed E-state index contributed by atoms with van der Waals surface area (Å²) in [4.78, 5) is 31.5. The molecule has 0 spiro atoms. The lowest BCUT2D eigenvalue weighted by atomic mass is 10.1. The molecule has 5 rings (SSSR count). The number of nitrogens with zero attached hydrogens (tertiary/aromatic N) is 3. The standard InChI is InChI=1S/C27H21ClFN5O2/c1-16-5-4-12-33-24(16)32-25-21(27(33)36)13-20(26(35)31-14-18-6-2-3-7-22(18)28)23(30)34(25)15-17-8-10-19(29)11-9-17/h2-13,30H,14-15H2,1H3,(H,31,35)/p+1. The quantitative estimate of drug-likeness (QED) is 0.282. The highest BCUT2D eigenvalue weighted by atomic mass is 35.5. The largest absolute Gasteiger partial charge is 0.348 e. The number of aryl methyl sites for hydroxylation is 1. The second-order valence-electron chi connectivity index (χ2n) is 8.47.